The van der Waals surface area contributed by atoms with Crippen LogP contribution in [-0.2, 0) is 0 Å². The van der Waals surface area contributed by atoms with Crippen LogP contribution in [0.5, 0.6) is 0 Å². The zero-order valence-electron chi connectivity index (χ0n) is 14.4. The van der Waals surface area contributed by atoms with Crippen LogP contribution in [0, 0.1) is 0 Å². The lowest BCUT2D eigenvalue weighted by Crippen LogP contribution is -2.03. The molecule has 0 fully saturated rings. The average Bonchev–Trinajstić information content (AvgIpc) is 2.50. The van der Waals surface area contributed by atoms with Crippen molar-refractivity contribution in [1.29, 1.82) is 0 Å². The molecule has 1 unspecified atom stereocenters. The van der Waals surface area contributed by atoms with Crippen LogP contribution in [0.15, 0.2) is 0 Å². The fraction of sp³-hybridized carbons (Fsp3) is 1.00. The minimum absolute atomic E-state index is 0.0213. The molecule has 0 bridgehead atoms. The lowest BCUT2D eigenvalue weighted by molar-refractivity contribution is 0.286. The highest BCUT2D eigenvalue weighted by molar-refractivity contribution is 6.20. The standard InChI is InChI=1S/C19H39ClO/c1-2-3-4-5-6-7-8-9-10-11-12-13-14-15-16-17-19(20)18-21/h19,21H,2-18H2,1H3. The molecule has 0 heterocycles. The zero-order valence-corrected chi connectivity index (χ0v) is 15.2. The van der Waals surface area contributed by atoms with Crippen molar-refractivity contribution in [2.45, 2.75) is 115 Å². The van der Waals surface area contributed by atoms with E-state index in [4.69, 9.17) is 16.7 Å². The van der Waals surface area contributed by atoms with Gasteiger partial charge in [0.2, 0.25) is 0 Å². The van der Waals surface area contributed by atoms with Crippen molar-refractivity contribution in [2.75, 3.05) is 6.61 Å². The van der Waals surface area contributed by atoms with Crippen molar-refractivity contribution in [3.8, 4) is 0 Å². The maximum absolute atomic E-state index is 8.82. The van der Waals surface area contributed by atoms with Crippen molar-refractivity contribution in [2.24, 2.45) is 0 Å². The average molecular weight is 319 g/mol. The first-order chi connectivity index (χ1) is 10.3. The number of aliphatic hydroxyl groups excluding tert-OH is 1. The van der Waals surface area contributed by atoms with Gasteiger partial charge < -0.3 is 5.11 Å². The smallest absolute Gasteiger partial charge is 0.0595 e. The van der Waals surface area contributed by atoms with E-state index < -0.39 is 0 Å². The molecule has 0 aromatic heterocycles. The molecule has 0 radical (unpaired) electrons. The van der Waals surface area contributed by atoms with Gasteiger partial charge in [0.05, 0.1) is 12.0 Å². The fourth-order valence-electron chi connectivity index (χ4n) is 2.83. The van der Waals surface area contributed by atoms with E-state index in [-0.39, 0.29) is 12.0 Å². The predicted octanol–water partition coefficient (Wildman–Crippen LogP) is 6.85. The van der Waals surface area contributed by atoms with Crippen molar-refractivity contribution in [1.82, 2.24) is 0 Å². The molecular weight excluding hydrogens is 280 g/mol. The van der Waals surface area contributed by atoms with E-state index in [0.29, 0.717) is 0 Å². The normalized spacial score (nSPS) is 12.7. The van der Waals surface area contributed by atoms with Crippen LogP contribution in [-0.4, -0.2) is 17.1 Å². The first-order valence-electron chi connectivity index (χ1n) is 9.56. The van der Waals surface area contributed by atoms with Crippen LogP contribution in [0.25, 0.3) is 0 Å². The second-order valence-electron chi connectivity index (χ2n) is 6.52. The molecule has 1 nitrogen and oxygen atoms in total. The van der Waals surface area contributed by atoms with Crippen LogP contribution in [0.2, 0.25) is 0 Å². The Kier molecular flexibility index (Phi) is 18.5. The SMILES string of the molecule is CCCCCCCCCCCCCCCCCC(Cl)CO. The van der Waals surface area contributed by atoms with Gasteiger partial charge in [-0.2, -0.15) is 0 Å². The molecule has 0 aromatic carbocycles. The van der Waals surface area contributed by atoms with Crippen molar-refractivity contribution >= 4 is 11.6 Å². The summed E-state index contributed by atoms with van der Waals surface area (Å²) >= 11 is 5.87. The van der Waals surface area contributed by atoms with E-state index in [2.05, 4.69) is 6.92 Å². The van der Waals surface area contributed by atoms with Crippen molar-refractivity contribution < 1.29 is 5.11 Å². The molecule has 0 saturated carbocycles. The van der Waals surface area contributed by atoms with Gasteiger partial charge in [0.1, 0.15) is 0 Å². The molecule has 1 N–H and O–H groups in total. The Labute approximate surface area is 138 Å². The molecule has 0 aliphatic heterocycles. The van der Waals surface area contributed by atoms with Gasteiger partial charge in [-0.1, -0.05) is 103 Å². The summed E-state index contributed by atoms with van der Waals surface area (Å²) in [6.45, 7) is 2.41. The highest BCUT2D eigenvalue weighted by atomic mass is 35.5. The van der Waals surface area contributed by atoms with Gasteiger partial charge in [0.25, 0.3) is 0 Å². The lowest BCUT2D eigenvalue weighted by atomic mass is 10.0. The van der Waals surface area contributed by atoms with Gasteiger partial charge in [-0.3, -0.25) is 0 Å². The summed E-state index contributed by atoms with van der Waals surface area (Å²) in [7, 11) is 0. The van der Waals surface area contributed by atoms with Crippen LogP contribution < -0.4 is 0 Å². The minimum atomic E-state index is -0.0213. The summed E-state index contributed by atoms with van der Waals surface area (Å²) in [5.41, 5.74) is 0. The van der Waals surface area contributed by atoms with Gasteiger partial charge >= 0.3 is 0 Å². The van der Waals surface area contributed by atoms with Crippen LogP contribution >= 0.6 is 11.6 Å². The monoisotopic (exact) mass is 318 g/mol. The Morgan fingerprint density at radius 3 is 1.29 bits per heavy atom. The molecule has 0 aliphatic carbocycles. The molecule has 0 saturated heterocycles. The maximum Gasteiger partial charge on any atom is 0.0595 e. The van der Waals surface area contributed by atoms with Crippen LogP contribution in [0.1, 0.15) is 110 Å². The molecule has 21 heavy (non-hydrogen) atoms. The van der Waals surface area contributed by atoms with Crippen LogP contribution in [0.4, 0.5) is 0 Å². The Morgan fingerprint density at radius 1 is 0.619 bits per heavy atom. The van der Waals surface area contributed by atoms with Crippen LogP contribution in [0.3, 0.4) is 0 Å². The van der Waals surface area contributed by atoms with E-state index in [1.54, 1.807) is 0 Å². The number of hydrogen-bond donors (Lipinski definition) is 1. The number of alkyl halides is 1. The molecule has 0 aromatic rings. The van der Waals surface area contributed by atoms with E-state index in [1.807, 2.05) is 0 Å². The summed E-state index contributed by atoms with van der Waals surface area (Å²) in [5, 5.41) is 8.80. The van der Waals surface area contributed by atoms with Gasteiger partial charge in [-0.15, -0.1) is 11.6 Å². The van der Waals surface area contributed by atoms with Gasteiger partial charge in [0.15, 0.2) is 0 Å². The highest BCUT2D eigenvalue weighted by Crippen LogP contribution is 2.14. The van der Waals surface area contributed by atoms with Gasteiger partial charge in [-0.25, -0.2) is 0 Å². The predicted molar refractivity (Wildman–Crippen MR) is 96.3 cm³/mol. The summed E-state index contributed by atoms with van der Waals surface area (Å²) in [5.74, 6) is 0. The Balaban J connectivity index is 2.96. The molecule has 0 amide bonds. The number of rotatable bonds is 17. The Morgan fingerprint density at radius 2 is 0.952 bits per heavy atom. The quantitative estimate of drug-likeness (QED) is 0.230. The second-order valence-corrected chi connectivity index (χ2v) is 7.14. The molecule has 0 aliphatic rings. The topological polar surface area (TPSA) is 20.2 Å². The van der Waals surface area contributed by atoms with E-state index in [9.17, 15) is 0 Å². The number of aliphatic hydroxyl groups is 1. The molecule has 128 valence electrons. The third-order valence-corrected chi connectivity index (χ3v) is 4.68. The third kappa shape index (κ3) is 18.2. The summed E-state index contributed by atoms with van der Waals surface area (Å²) in [4.78, 5) is 0. The largest absolute Gasteiger partial charge is 0.395 e. The number of halogens is 1. The summed E-state index contributed by atoms with van der Waals surface area (Å²) < 4.78 is 0. The lowest BCUT2D eigenvalue weighted by Gasteiger charge is -2.05. The summed E-state index contributed by atoms with van der Waals surface area (Å²) in [6.07, 6.45) is 21.9. The molecule has 0 rings (SSSR count). The maximum atomic E-state index is 8.82. The van der Waals surface area contributed by atoms with Gasteiger partial charge in [0, 0.05) is 0 Å². The molecular formula is C19H39ClO. The number of unbranched alkanes of at least 4 members (excludes halogenated alkanes) is 14. The van der Waals surface area contributed by atoms with E-state index in [0.717, 1.165) is 6.42 Å². The van der Waals surface area contributed by atoms with Gasteiger partial charge in [-0.05, 0) is 6.42 Å². The van der Waals surface area contributed by atoms with Crippen molar-refractivity contribution in [3.05, 3.63) is 0 Å². The highest BCUT2D eigenvalue weighted by Gasteiger charge is 2.01. The van der Waals surface area contributed by atoms with E-state index in [1.165, 1.54) is 96.3 Å². The Bertz CT molecular complexity index is 184. The third-order valence-electron chi connectivity index (χ3n) is 4.32. The fourth-order valence-corrected chi connectivity index (χ4v) is 2.98. The first-order valence-corrected chi connectivity index (χ1v) is 9.99. The number of hydrogen-bond acceptors (Lipinski definition) is 1. The molecule has 0 spiro atoms. The first kappa shape index (κ1) is 21.2. The van der Waals surface area contributed by atoms with E-state index >= 15 is 0 Å². The second kappa shape index (κ2) is 18.3. The summed E-state index contributed by atoms with van der Waals surface area (Å²) in [6, 6.07) is 0. The molecule has 1 atom stereocenters. The van der Waals surface area contributed by atoms with Crippen molar-refractivity contribution in [3.63, 3.8) is 0 Å². The zero-order chi connectivity index (χ0) is 15.6. The Hall–Kier alpha value is 0.250. The molecule has 2 heteroatoms. The minimum Gasteiger partial charge on any atom is -0.395 e.